The highest BCUT2D eigenvalue weighted by atomic mass is 79.9. The summed E-state index contributed by atoms with van der Waals surface area (Å²) in [6.07, 6.45) is -5.97. The third kappa shape index (κ3) is 2.91. The van der Waals surface area contributed by atoms with Gasteiger partial charge in [0.1, 0.15) is 0 Å². The zero-order chi connectivity index (χ0) is 15.1. The molecule has 0 radical (unpaired) electrons. The van der Waals surface area contributed by atoms with E-state index in [4.69, 9.17) is 0 Å². The third-order valence-corrected chi connectivity index (χ3v) is 3.24. The molecule has 0 aromatic heterocycles. The second-order valence-corrected chi connectivity index (χ2v) is 5.48. The van der Waals surface area contributed by atoms with E-state index < -0.39 is 30.0 Å². The number of hydrogen-bond donors (Lipinski definition) is 0. The summed E-state index contributed by atoms with van der Waals surface area (Å²) in [4.78, 5) is 0. The van der Waals surface area contributed by atoms with Gasteiger partial charge in [-0.05, 0) is 18.2 Å². The molecule has 1 aromatic carbocycles. The maximum absolute atomic E-state index is 14.0. The zero-order valence-electron chi connectivity index (χ0n) is 8.84. The monoisotopic (exact) mass is 416 g/mol. The first kappa shape index (κ1) is 16.7. The average Bonchev–Trinajstić information content (AvgIpc) is 2.24. The van der Waals surface area contributed by atoms with Crippen LogP contribution in [0.1, 0.15) is 5.56 Å². The lowest BCUT2D eigenvalue weighted by molar-refractivity contribution is -0.312. The predicted octanol–water partition coefficient (Wildman–Crippen LogP) is 5.54. The van der Waals surface area contributed by atoms with Gasteiger partial charge in [-0.2, -0.15) is 22.0 Å². The fraction of sp³-hybridized carbons (Fsp3) is 0.400. The number of alkyl halides is 7. The molecule has 1 rings (SSSR count). The first-order chi connectivity index (χ1) is 8.45. The van der Waals surface area contributed by atoms with E-state index >= 15 is 0 Å². The molecule has 108 valence electrons. The smallest absolute Gasteiger partial charge is 0.244 e. The van der Waals surface area contributed by atoms with Gasteiger partial charge in [-0.1, -0.05) is 31.9 Å². The van der Waals surface area contributed by atoms with E-state index in [0.717, 1.165) is 0 Å². The van der Waals surface area contributed by atoms with E-state index in [1.165, 1.54) is 6.07 Å². The summed E-state index contributed by atoms with van der Waals surface area (Å²) in [7, 11) is 0. The SMILES string of the molecule is FCC(F)(F)C(F)(c1cc(Br)cc(Br)c1)C(F)(F)F. The van der Waals surface area contributed by atoms with E-state index in [9.17, 15) is 30.7 Å². The molecule has 0 aliphatic rings. The van der Waals surface area contributed by atoms with Crippen molar-refractivity contribution in [2.75, 3.05) is 6.67 Å². The van der Waals surface area contributed by atoms with Crippen LogP contribution < -0.4 is 0 Å². The van der Waals surface area contributed by atoms with Crippen molar-refractivity contribution in [2.24, 2.45) is 0 Å². The molecule has 0 amide bonds. The molecule has 0 N–H and O–H groups in total. The molecule has 0 aliphatic heterocycles. The first-order valence-electron chi connectivity index (χ1n) is 4.61. The number of hydrogen-bond acceptors (Lipinski definition) is 0. The standard InChI is InChI=1S/C10H5Br2F7/c11-6-1-5(2-7(12)3-6)9(16,10(17,18)19)8(14,15)4-13/h1-3H,4H2. The Hall–Kier alpha value is -0.310. The van der Waals surface area contributed by atoms with Gasteiger partial charge in [0.25, 0.3) is 5.67 Å². The van der Waals surface area contributed by atoms with Gasteiger partial charge in [0, 0.05) is 14.5 Å². The van der Waals surface area contributed by atoms with Crippen molar-refractivity contribution in [1.29, 1.82) is 0 Å². The maximum Gasteiger partial charge on any atom is 0.432 e. The van der Waals surface area contributed by atoms with Gasteiger partial charge < -0.3 is 0 Å². The molecule has 1 aromatic rings. The molecule has 0 saturated carbocycles. The second-order valence-electron chi connectivity index (χ2n) is 3.65. The molecule has 0 nitrogen and oxygen atoms in total. The van der Waals surface area contributed by atoms with Crippen molar-refractivity contribution < 1.29 is 30.7 Å². The number of benzene rings is 1. The maximum atomic E-state index is 14.0. The molecular formula is C10H5Br2F7. The van der Waals surface area contributed by atoms with Crippen molar-refractivity contribution in [3.63, 3.8) is 0 Å². The molecular weight excluding hydrogens is 413 g/mol. The molecule has 0 heterocycles. The van der Waals surface area contributed by atoms with Crippen molar-refractivity contribution >= 4 is 31.9 Å². The number of rotatable bonds is 3. The Morgan fingerprint density at radius 2 is 1.26 bits per heavy atom. The van der Waals surface area contributed by atoms with E-state index in [1.807, 2.05) is 0 Å². The van der Waals surface area contributed by atoms with Crippen LogP contribution in [-0.4, -0.2) is 18.8 Å². The highest BCUT2D eigenvalue weighted by molar-refractivity contribution is 9.11. The Morgan fingerprint density at radius 1 is 0.842 bits per heavy atom. The topological polar surface area (TPSA) is 0 Å². The minimum Gasteiger partial charge on any atom is -0.244 e. The first-order valence-corrected chi connectivity index (χ1v) is 6.20. The van der Waals surface area contributed by atoms with Gasteiger partial charge in [-0.3, -0.25) is 0 Å². The van der Waals surface area contributed by atoms with E-state index in [-0.39, 0.29) is 8.95 Å². The molecule has 0 saturated heterocycles. The fourth-order valence-corrected chi connectivity index (χ4v) is 2.72. The van der Waals surface area contributed by atoms with Crippen LogP contribution in [0, 0.1) is 0 Å². The van der Waals surface area contributed by atoms with Gasteiger partial charge in [0.15, 0.2) is 6.67 Å². The Labute approximate surface area is 120 Å². The van der Waals surface area contributed by atoms with E-state index in [1.54, 1.807) is 0 Å². The van der Waals surface area contributed by atoms with Gasteiger partial charge >= 0.3 is 12.1 Å². The lowest BCUT2D eigenvalue weighted by Crippen LogP contribution is -2.53. The van der Waals surface area contributed by atoms with Gasteiger partial charge in [-0.25, -0.2) is 8.78 Å². The van der Waals surface area contributed by atoms with Crippen LogP contribution in [0.25, 0.3) is 0 Å². The van der Waals surface area contributed by atoms with Crippen LogP contribution in [0.2, 0.25) is 0 Å². The summed E-state index contributed by atoms with van der Waals surface area (Å²) in [5, 5.41) is 0. The van der Waals surface area contributed by atoms with E-state index in [2.05, 4.69) is 31.9 Å². The lowest BCUT2D eigenvalue weighted by Gasteiger charge is -2.34. The van der Waals surface area contributed by atoms with E-state index in [0.29, 0.717) is 12.1 Å². The van der Waals surface area contributed by atoms with Crippen LogP contribution in [-0.2, 0) is 5.67 Å². The molecule has 1 atom stereocenters. The molecule has 0 fully saturated rings. The van der Waals surface area contributed by atoms with Crippen LogP contribution in [0.3, 0.4) is 0 Å². The van der Waals surface area contributed by atoms with Crippen molar-refractivity contribution in [2.45, 2.75) is 17.8 Å². The van der Waals surface area contributed by atoms with Crippen LogP contribution >= 0.6 is 31.9 Å². The summed E-state index contributed by atoms with van der Waals surface area (Å²) in [5.41, 5.74) is -6.50. The molecule has 0 aliphatic carbocycles. The molecule has 0 bridgehead atoms. The minimum atomic E-state index is -5.97. The van der Waals surface area contributed by atoms with Crippen LogP contribution in [0.4, 0.5) is 30.7 Å². The lowest BCUT2D eigenvalue weighted by atomic mass is 9.89. The third-order valence-electron chi connectivity index (χ3n) is 2.32. The fourth-order valence-electron chi connectivity index (χ4n) is 1.43. The Kier molecular flexibility index (Phi) is 4.61. The van der Waals surface area contributed by atoms with Crippen molar-refractivity contribution in [3.8, 4) is 0 Å². The molecule has 0 spiro atoms. The van der Waals surface area contributed by atoms with Crippen molar-refractivity contribution in [1.82, 2.24) is 0 Å². The minimum absolute atomic E-state index is 0.0576. The Morgan fingerprint density at radius 3 is 1.58 bits per heavy atom. The summed E-state index contributed by atoms with van der Waals surface area (Å²) < 4.78 is 90.4. The van der Waals surface area contributed by atoms with Gasteiger partial charge in [0.05, 0.1) is 0 Å². The number of halogens is 9. The highest BCUT2D eigenvalue weighted by Gasteiger charge is 2.72. The summed E-state index contributed by atoms with van der Waals surface area (Å²) in [6, 6.07) is 2.29. The summed E-state index contributed by atoms with van der Waals surface area (Å²) in [5.74, 6) is -5.23. The van der Waals surface area contributed by atoms with Gasteiger partial charge in [0.2, 0.25) is 0 Å². The summed E-state index contributed by atoms with van der Waals surface area (Å²) in [6.45, 7) is -2.77. The second kappa shape index (κ2) is 5.23. The largest absolute Gasteiger partial charge is 0.432 e. The zero-order valence-corrected chi connectivity index (χ0v) is 12.0. The predicted molar refractivity (Wildman–Crippen MR) is 61.6 cm³/mol. The molecule has 9 heteroatoms. The normalized spacial score (nSPS) is 16.3. The van der Waals surface area contributed by atoms with Crippen molar-refractivity contribution in [3.05, 3.63) is 32.7 Å². The average molecular weight is 418 g/mol. The summed E-state index contributed by atoms with van der Waals surface area (Å²) >= 11 is 5.52. The Balaban J connectivity index is 3.58. The Bertz CT molecular complexity index is 451. The van der Waals surface area contributed by atoms with Crippen LogP contribution in [0.5, 0.6) is 0 Å². The van der Waals surface area contributed by atoms with Gasteiger partial charge in [-0.15, -0.1) is 0 Å². The molecule has 1 unspecified atom stereocenters. The highest BCUT2D eigenvalue weighted by Crippen LogP contribution is 2.53. The van der Waals surface area contributed by atoms with Crippen LogP contribution in [0.15, 0.2) is 27.1 Å². The quantitative estimate of drug-likeness (QED) is 0.566. The molecule has 19 heavy (non-hydrogen) atoms.